The van der Waals surface area contributed by atoms with Crippen molar-refractivity contribution in [3.8, 4) is 0 Å². The Morgan fingerprint density at radius 1 is 0.931 bits per heavy atom. The molecule has 2 aromatic rings. The fourth-order valence-electron chi connectivity index (χ4n) is 3.04. The van der Waals surface area contributed by atoms with E-state index in [4.69, 9.17) is 4.74 Å². The summed E-state index contributed by atoms with van der Waals surface area (Å²) in [6.45, 7) is 11.9. The topological polar surface area (TPSA) is 58.6 Å². The van der Waals surface area contributed by atoms with E-state index >= 15 is 0 Å². The van der Waals surface area contributed by atoms with Gasteiger partial charge in [-0.2, -0.15) is 0 Å². The van der Waals surface area contributed by atoms with E-state index in [0.29, 0.717) is 30.8 Å². The van der Waals surface area contributed by atoms with Crippen molar-refractivity contribution >= 4 is 11.9 Å². The second kappa shape index (κ2) is 10.2. The van der Waals surface area contributed by atoms with E-state index < -0.39 is 5.60 Å². The third kappa shape index (κ3) is 6.43. The van der Waals surface area contributed by atoms with Gasteiger partial charge in [-0.05, 0) is 57.5 Å². The number of nitrogens with zero attached hydrogens (tertiary/aromatic N) is 1. The number of benzene rings is 2. The summed E-state index contributed by atoms with van der Waals surface area (Å²) in [6, 6.07) is 15.0. The van der Waals surface area contributed by atoms with Crippen molar-refractivity contribution in [2.45, 2.75) is 53.3 Å². The highest BCUT2D eigenvalue weighted by Gasteiger charge is 2.23. The van der Waals surface area contributed by atoms with Gasteiger partial charge >= 0.3 is 5.97 Å². The van der Waals surface area contributed by atoms with E-state index in [1.54, 1.807) is 11.0 Å². The average molecular weight is 397 g/mol. The van der Waals surface area contributed by atoms with Gasteiger partial charge in [-0.1, -0.05) is 43.3 Å². The molecule has 2 aromatic carbocycles. The van der Waals surface area contributed by atoms with Crippen molar-refractivity contribution < 1.29 is 14.3 Å². The minimum Gasteiger partial charge on any atom is -0.456 e. The molecule has 0 bridgehead atoms. The molecular weight excluding hydrogens is 364 g/mol. The Morgan fingerprint density at radius 3 is 2.10 bits per heavy atom. The quantitative estimate of drug-likeness (QED) is 0.672. The third-order valence-corrected chi connectivity index (χ3v) is 4.48. The predicted octanol–water partition coefficient (Wildman–Crippen LogP) is 4.41. The number of amides is 1. The Kier molecular flexibility index (Phi) is 7.97. The summed E-state index contributed by atoms with van der Waals surface area (Å²) in [4.78, 5) is 27.6. The van der Waals surface area contributed by atoms with E-state index in [0.717, 1.165) is 17.7 Å². The number of rotatable bonds is 8. The molecule has 0 fully saturated rings. The first-order valence-electron chi connectivity index (χ1n) is 10.2. The van der Waals surface area contributed by atoms with Crippen LogP contribution in [0.5, 0.6) is 0 Å². The van der Waals surface area contributed by atoms with Gasteiger partial charge in [-0.25, -0.2) is 4.79 Å². The van der Waals surface area contributed by atoms with Gasteiger partial charge in [-0.15, -0.1) is 0 Å². The molecule has 5 heteroatoms. The Bertz CT molecular complexity index is 840. The highest BCUT2D eigenvalue weighted by molar-refractivity contribution is 5.96. The molecule has 0 aliphatic carbocycles. The minimum absolute atomic E-state index is 0.0417. The Labute approximate surface area is 174 Å². The molecule has 156 valence electrons. The molecule has 5 nitrogen and oxygen atoms in total. The van der Waals surface area contributed by atoms with E-state index in [9.17, 15) is 9.59 Å². The first kappa shape index (κ1) is 22.6. The molecule has 0 aliphatic rings. The summed E-state index contributed by atoms with van der Waals surface area (Å²) >= 11 is 0. The van der Waals surface area contributed by atoms with Gasteiger partial charge in [0.15, 0.2) is 0 Å². The van der Waals surface area contributed by atoms with Crippen LogP contribution in [0, 0.1) is 0 Å². The molecule has 0 heterocycles. The van der Waals surface area contributed by atoms with Gasteiger partial charge < -0.3 is 15.0 Å². The lowest BCUT2D eigenvalue weighted by Gasteiger charge is -2.25. The SMILES string of the molecule is CCNCc1ccccc1C(=O)N(CC)Cc1ccccc1C(=O)OC(C)(C)C. The van der Waals surface area contributed by atoms with Crippen LogP contribution in [-0.2, 0) is 17.8 Å². The number of hydrogen-bond acceptors (Lipinski definition) is 4. The van der Waals surface area contributed by atoms with Crippen LogP contribution in [0.3, 0.4) is 0 Å². The first-order chi connectivity index (χ1) is 13.8. The lowest BCUT2D eigenvalue weighted by Crippen LogP contribution is -2.32. The number of hydrogen-bond donors (Lipinski definition) is 1. The van der Waals surface area contributed by atoms with Crippen molar-refractivity contribution in [1.82, 2.24) is 10.2 Å². The van der Waals surface area contributed by atoms with Crippen molar-refractivity contribution in [2.75, 3.05) is 13.1 Å². The molecule has 0 aliphatic heterocycles. The summed E-state index contributed by atoms with van der Waals surface area (Å²) in [5.74, 6) is -0.413. The summed E-state index contributed by atoms with van der Waals surface area (Å²) in [5, 5.41) is 3.28. The largest absolute Gasteiger partial charge is 0.456 e. The summed E-state index contributed by atoms with van der Waals surface area (Å²) in [7, 11) is 0. The molecule has 0 spiro atoms. The van der Waals surface area contributed by atoms with Crippen LogP contribution in [0.4, 0.5) is 0 Å². The van der Waals surface area contributed by atoms with Crippen LogP contribution in [-0.4, -0.2) is 35.5 Å². The number of esters is 1. The maximum atomic E-state index is 13.3. The van der Waals surface area contributed by atoms with Crippen molar-refractivity contribution in [2.24, 2.45) is 0 Å². The number of carbonyl (C=O) groups is 2. The van der Waals surface area contributed by atoms with E-state index in [1.165, 1.54) is 0 Å². The van der Waals surface area contributed by atoms with Crippen LogP contribution in [0.1, 0.15) is 66.5 Å². The lowest BCUT2D eigenvalue weighted by atomic mass is 10.0. The maximum absolute atomic E-state index is 13.3. The normalized spacial score (nSPS) is 11.2. The fraction of sp³-hybridized carbons (Fsp3) is 0.417. The Hall–Kier alpha value is -2.66. The standard InChI is InChI=1S/C24H32N2O3/c1-6-25-16-18-12-8-10-14-20(18)22(27)26(7-2)17-19-13-9-11-15-21(19)23(28)29-24(3,4)5/h8-15,25H,6-7,16-17H2,1-5H3. The zero-order chi connectivity index (χ0) is 21.4. The molecule has 2 rings (SSSR count). The van der Waals surface area contributed by atoms with Crippen molar-refractivity contribution in [3.05, 3.63) is 70.8 Å². The average Bonchev–Trinajstić information content (AvgIpc) is 2.69. The summed E-state index contributed by atoms with van der Waals surface area (Å²) in [6.07, 6.45) is 0. The van der Waals surface area contributed by atoms with Gasteiger partial charge in [0.1, 0.15) is 5.60 Å². The minimum atomic E-state index is -0.574. The van der Waals surface area contributed by atoms with Gasteiger partial charge in [0.25, 0.3) is 5.91 Å². The Balaban J connectivity index is 2.27. The molecule has 29 heavy (non-hydrogen) atoms. The molecule has 0 radical (unpaired) electrons. The second-order valence-corrected chi connectivity index (χ2v) is 7.92. The summed E-state index contributed by atoms with van der Waals surface area (Å²) < 4.78 is 5.54. The molecule has 1 N–H and O–H groups in total. The van der Waals surface area contributed by atoms with Gasteiger partial charge in [-0.3, -0.25) is 4.79 Å². The van der Waals surface area contributed by atoms with Gasteiger partial charge in [0.05, 0.1) is 5.56 Å². The van der Waals surface area contributed by atoms with Crippen LogP contribution >= 0.6 is 0 Å². The molecule has 1 amide bonds. The van der Waals surface area contributed by atoms with Crippen LogP contribution in [0.2, 0.25) is 0 Å². The van der Waals surface area contributed by atoms with Gasteiger partial charge in [0.2, 0.25) is 0 Å². The van der Waals surface area contributed by atoms with Gasteiger partial charge in [0, 0.05) is 25.2 Å². The first-order valence-corrected chi connectivity index (χ1v) is 10.2. The van der Waals surface area contributed by atoms with Crippen LogP contribution in [0.25, 0.3) is 0 Å². The van der Waals surface area contributed by atoms with Crippen molar-refractivity contribution in [1.29, 1.82) is 0 Å². The van der Waals surface area contributed by atoms with E-state index in [1.807, 2.05) is 77.1 Å². The molecule has 0 aromatic heterocycles. The number of carbonyl (C=O) groups excluding carboxylic acids is 2. The summed E-state index contributed by atoms with van der Waals surface area (Å²) in [5.41, 5.74) is 2.36. The monoisotopic (exact) mass is 396 g/mol. The smallest absolute Gasteiger partial charge is 0.338 e. The zero-order valence-corrected chi connectivity index (χ0v) is 18.1. The number of nitrogens with one attached hydrogen (secondary N) is 1. The molecule has 0 saturated heterocycles. The zero-order valence-electron chi connectivity index (χ0n) is 18.1. The molecule has 0 saturated carbocycles. The van der Waals surface area contributed by atoms with E-state index in [-0.39, 0.29) is 11.9 Å². The molecule has 0 unspecified atom stereocenters. The second-order valence-electron chi connectivity index (χ2n) is 7.92. The maximum Gasteiger partial charge on any atom is 0.338 e. The predicted molar refractivity (Wildman–Crippen MR) is 116 cm³/mol. The number of ether oxygens (including phenoxy) is 1. The highest BCUT2D eigenvalue weighted by Crippen LogP contribution is 2.19. The molecular formula is C24H32N2O3. The fourth-order valence-corrected chi connectivity index (χ4v) is 3.04. The highest BCUT2D eigenvalue weighted by atomic mass is 16.6. The van der Waals surface area contributed by atoms with E-state index in [2.05, 4.69) is 5.32 Å². The van der Waals surface area contributed by atoms with Crippen LogP contribution < -0.4 is 5.32 Å². The third-order valence-electron chi connectivity index (χ3n) is 4.48. The molecule has 0 atom stereocenters. The lowest BCUT2D eigenvalue weighted by molar-refractivity contribution is 0.00668. The van der Waals surface area contributed by atoms with Crippen molar-refractivity contribution in [3.63, 3.8) is 0 Å². The Morgan fingerprint density at radius 2 is 1.52 bits per heavy atom. The van der Waals surface area contributed by atoms with Crippen LogP contribution in [0.15, 0.2) is 48.5 Å².